The van der Waals surface area contributed by atoms with Crippen molar-refractivity contribution < 1.29 is 18.8 Å². The summed E-state index contributed by atoms with van der Waals surface area (Å²) in [6, 6.07) is 15.5. The van der Waals surface area contributed by atoms with Crippen LogP contribution in [-0.2, 0) is 20.8 Å². The molecule has 34 heavy (non-hydrogen) atoms. The molecule has 3 N–H and O–H groups in total. The lowest BCUT2D eigenvalue weighted by molar-refractivity contribution is -0.131. The predicted molar refractivity (Wildman–Crippen MR) is 130 cm³/mol. The molecular weight excluding hydrogens is 457 g/mol. The summed E-state index contributed by atoms with van der Waals surface area (Å²) in [4.78, 5) is 40.7. The second-order valence-corrected chi connectivity index (χ2v) is 8.64. The molecule has 8 heteroatoms. The van der Waals surface area contributed by atoms with Crippen LogP contribution in [0.15, 0.2) is 60.7 Å². The number of nitrogen functional groups attached to an aromatic ring is 1. The first-order chi connectivity index (χ1) is 16.2. The van der Waals surface area contributed by atoms with Gasteiger partial charge in [0.1, 0.15) is 11.9 Å². The normalized spacial score (nSPS) is 15.7. The Morgan fingerprint density at radius 2 is 1.82 bits per heavy atom. The second kappa shape index (κ2) is 9.27. The highest BCUT2D eigenvalue weighted by Gasteiger charge is 2.37. The van der Waals surface area contributed by atoms with Crippen molar-refractivity contribution in [3.05, 3.63) is 82.6 Å². The van der Waals surface area contributed by atoms with Crippen molar-refractivity contribution in [3.8, 4) is 11.1 Å². The summed E-state index contributed by atoms with van der Waals surface area (Å²) >= 11 is 6.01. The summed E-state index contributed by atoms with van der Waals surface area (Å²) < 4.78 is 14.1. The molecule has 3 amide bonds. The van der Waals surface area contributed by atoms with Gasteiger partial charge in [-0.15, -0.1) is 0 Å². The average Bonchev–Trinajstić information content (AvgIpc) is 2.90. The highest BCUT2D eigenvalue weighted by molar-refractivity contribution is 6.31. The molecule has 1 unspecified atom stereocenters. The van der Waals surface area contributed by atoms with Gasteiger partial charge in [0, 0.05) is 21.8 Å². The number of carbonyl (C=O) groups excluding carboxylic acids is 3. The Morgan fingerprint density at radius 1 is 1.12 bits per heavy atom. The molecule has 0 bridgehead atoms. The highest BCUT2D eigenvalue weighted by atomic mass is 35.5. The molecule has 0 radical (unpaired) electrons. The maximum absolute atomic E-state index is 14.1. The Kier molecular flexibility index (Phi) is 6.39. The predicted octanol–water partition coefficient (Wildman–Crippen LogP) is 4.45. The summed E-state index contributed by atoms with van der Waals surface area (Å²) in [6.07, 6.45) is -0.345. The Balaban J connectivity index is 1.66. The summed E-state index contributed by atoms with van der Waals surface area (Å²) in [5.41, 5.74) is 9.21. The van der Waals surface area contributed by atoms with Crippen molar-refractivity contribution in [2.45, 2.75) is 32.2 Å². The van der Waals surface area contributed by atoms with Gasteiger partial charge in [0.05, 0.1) is 18.0 Å². The third-order valence-electron chi connectivity index (χ3n) is 5.97. The van der Waals surface area contributed by atoms with Crippen molar-refractivity contribution in [3.63, 3.8) is 0 Å². The fraction of sp³-hybridized carbons (Fsp3) is 0.192. The number of amides is 3. The van der Waals surface area contributed by atoms with Crippen LogP contribution in [0.4, 0.5) is 15.8 Å². The van der Waals surface area contributed by atoms with E-state index < -0.39 is 35.5 Å². The Hall–Kier alpha value is -3.71. The van der Waals surface area contributed by atoms with Crippen LogP contribution in [0.3, 0.4) is 0 Å². The van der Waals surface area contributed by atoms with Crippen LogP contribution in [0.1, 0.15) is 30.9 Å². The molecule has 6 nitrogen and oxygen atoms in total. The van der Waals surface area contributed by atoms with E-state index in [2.05, 4.69) is 5.32 Å². The van der Waals surface area contributed by atoms with Crippen molar-refractivity contribution in [1.29, 1.82) is 0 Å². The Labute approximate surface area is 201 Å². The number of nitrogens with two attached hydrogens (primary N) is 1. The van der Waals surface area contributed by atoms with E-state index in [1.165, 1.54) is 25.1 Å². The van der Waals surface area contributed by atoms with Crippen LogP contribution < -0.4 is 16.0 Å². The molecule has 0 aliphatic carbocycles. The summed E-state index contributed by atoms with van der Waals surface area (Å²) in [7, 11) is 0. The second-order valence-electron chi connectivity index (χ2n) is 8.23. The number of carbonyl (C=O) groups is 3. The van der Waals surface area contributed by atoms with Crippen LogP contribution in [0, 0.1) is 5.82 Å². The fourth-order valence-electron chi connectivity index (χ4n) is 4.22. The lowest BCUT2D eigenvalue weighted by Gasteiger charge is -2.26. The molecule has 0 saturated carbocycles. The minimum atomic E-state index is -1.07. The number of anilines is 2. The average molecular weight is 480 g/mol. The van der Waals surface area contributed by atoms with Gasteiger partial charge in [-0.05, 0) is 49.2 Å². The molecule has 0 fully saturated rings. The van der Waals surface area contributed by atoms with E-state index in [4.69, 9.17) is 17.3 Å². The first kappa shape index (κ1) is 23.4. The molecule has 1 heterocycles. The summed E-state index contributed by atoms with van der Waals surface area (Å²) in [5.74, 6) is -2.88. The molecule has 0 saturated heterocycles. The first-order valence-corrected chi connectivity index (χ1v) is 11.2. The van der Waals surface area contributed by atoms with Crippen molar-refractivity contribution in [2.24, 2.45) is 0 Å². The maximum atomic E-state index is 14.1. The van der Waals surface area contributed by atoms with Gasteiger partial charge in [-0.2, -0.15) is 0 Å². The number of hydrogen-bond acceptors (Lipinski definition) is 4. The summed E-state index contributed by atoms with van der Waals surface area (Å²) in [5, 5.41) is 2.68. The number of nitrogens with one attached hydrogen (secondary N) is 1. The topological polar surface area (TPSA) is 92.5 Å². The van der Waals surface area contributed by atoms with E-state index >= 15 is 0 Å². The molecule has 1 aliphatic heterocycles. The highest BCUT2D eigenvalue weighted by Crippen LogP contribution is 2.44. The van der Waals surface area contributed by atoms with Gasteiger partial charge < -0.3 is 11.1 Å². The minimum Gasteiger partial charge on any atom is -0.398 e. The third-order valence-corrected chi connectivity index (χ3v) is 6.32. The van der Waals surface area contributed by atoms with Gasteiger partial charge in [0.25, 0.3) is 5.91 Å². The van der Waals surface area contributed by atoms with E-state index in [1.54, 1.807) is 25.1 Å². The molecule has 0 aromatic heterocycles. The van der Waals surface area contributed by atoms with Crippen LogP contribution in [-0.4, -0.2) is 23.8 Å². The zero-order valence-corrected chi connectivity index (χ0v) is 19.4. The molecule has 3 aromatic rings. The molecule has 174 valence electrons. The Bertz CT molecular complexity index is 1290. The molecule has 3 aromatic carbocycles. The van der Waals surface area contributed by atoms with E-state index in [0.717, 1.165) is 16.0 Å². The molecular formula is C26H23ClFN3O3. The largest absolute Gasteiger partial charge is 0.398 e. The number of fused-ring (bicyclic) bond motifs is 3. The number of rotatable bonds is 4. The lowest BCUT2D eigenvalue weighted by Crippen LogP contribution is -2.50. The molecule has 4 rings (SSSR count). The maximum Gasteiger partial charge on any atom is 0.256 e. The van der Waals surface area contributed by atoms with Gasteiger partial charge in [-0.1, -0.05) is 48.0 Å². The number of benzene rings is 3. The van der Waals surface area contributed by atoms with Crippen molar-refractivity contribution >= 4 is 40.7 Å². The smallest absolute Gasteiger partial charge is 0.256 e. The van der Waals surface area contributed by atoms with Crippen molar-refractivity contribution in [2.75, 3.05) is 10.6 Å². The van der Waals surface area contributed by atoms with E-state index in [-0.39, 0.29) is 17.0 Å². The van der Waals surface area contributed by atoms with Gasteiger partial charge in [-0.25, -0.2) is 9.29 Å². The SMILES string of the molecule is CC1C(=O)N(C(=O)[C@H](C)NC(=O)Cc2c(F)cccc2Cl)c2cccc(N)c2-c2ccccc21. The number of nitrogens with zero attached hydrogens (tertiary/aromatic N) is 1. The van der Waals surface area contributed by atoms with E-state index in [9.17, 15) is 18.8 Å². The van der Waals surface area contributed by atoms with Crippen LogP contribution >= 0.6 is 11.6 Å². The van der Waals surface area contributed by atoms with Gasteiger partial charge in [-0.3, -0.25) is 14.4 Å². The zero-order valence-electron chi connectivity index (χ0n) is 18.6. The quantitative estimate of drug-likeness (QED) is 0.540. The van der Waals surface area contributed by atoms with E-state index in [0.29, 0.717) is 16.9 Å². The van der Waals surface area contributed by atoms with Gasteiger partial charge in [0.15, 0.2) is 0 Å². The van der Waals surface area contributed by atoms with Crippen LogP contribution in [0.5, 0.6) is 0 Å². The molecule has 2 atom stereocenters. The summed E-state index contributed by atoms with van der Waals surface area (Å²) in [6.45, 7) is 3.21. The first-order valence-electron chi connectivity index (χ1n) is 10.8. The standard InChI is InChI=1S/C26H23ClFN3O3/c1-14-16-7-3-4-8-17(16)24-21(29)11-6-12-22(24)31(25(14)33)26(34)15(2)30-23(32)13-18-19(27)9-5-10-20(18)28/h3-12,14-15H,13,29H2,1-2H3,(H,30,32)/t14?,15-/m0/s1. The van der Waals surface area contributed by atoms with Crippen LogP contribution in [0.2, 0.25) is 5.02 Å². The van der Waals surface area contributed by atoms with E-state index in [1.807, 2.05) is 24.3 Å². The number of halogens is 2. The third kappa shape index (κ3) is 4.15. The zero-order chi connectivity index (χ0) is 24.6. The number of imide groups is 1. The van der Waals surface area contributed by atoms with Gasteiger partial charge >= 0.3 is 0 Å². The fourth-order valence-corrected chi connectivity index (χ4v) is 4.45. The molecule has 0 spiro atoms. The van der Waals surface area contributed by atoms with Crippen LogP contribution in [0.25, 0.3) is 11.1 Å². The Morgan fingerprint density at radius 3 is 2.56 bits per heavy atom. The van der Waals surface area contributed by atoms with Gasteiger partial charge in [0.2, 0.25) is 11.8 Å². The molecule has 1 aliphatic rings. The number of hydrogen-bond donors (Lipinski definition) is 2. The minimum absolute atomic E-state index is 0.0364. The lowest BCUT2D eigenvalue weighted by atomic mass is 9.92. The monoisotopic (exact) mass is 479 g/mol. The van der Waals surface area contributed by atoms with Crippen molar-refractivity contribution in [1.82, 2.24) is 5.32 Å².